The minimum atomic E-state index is 0.180. The first kappa shape index (κ1) is 9.01. The van der Waals surface area contributed by atoms with E-state index in [-0.39, 0.29) is 5.41 Å². The van der Waals surface area contributed by atoms with Crippen molar-refractivity contribution in [1.82, 2.24) is 4.98 Å². The van der Waals surface area contributed by atoms with Gasteiger partial charge in [-0.05, 0) is 5.41 Å². The van der Waals surface area contributed by atoms with E-state index in [4.69, 9.17) is 11.6 Å². The van der Waals surface area contributed by atoms with Crippen LogP contribution in [-0.2, 0) is 6.42 Å². The van der Waals surface area contributed by atoms with Gasteiger partial charge in [0.25, 0.3) is 0 Å². The Bertz CT molecular complexity index is 206. The fourth-order valence-corrected chi connectivity index (χ4v) is 1.77. The Morgan fingerprint density at radius 1 is 1.64 bits per heavy atom. The van der Waals surface area contributed by atoms with E-state index in [0.29, 0.717) is 5.88 Å². The summed E-state index contributed by atoms with van der Waals surface area (Å²) in [6.45, 7) is 4.31. The van der Waals surface area contributed by atoms with Crippen LogP contribution in [0.25, 0.3) is 0 Å². The third kappa shape index (κ3) is 2.80. The largest absolute Gasteiger partial charge is 0.250 e. The summed E-state index contributed by atoms with van der Waals surface area (Å²) in [7, 11) is 0. The molecule has 62 valence electrons. The van der Waals surface area contributed by atoms with Crippen LogP contribution in [0.5, 0.6) is 0 Å². The molecule has 0 saturated heterocycles. The number of nitrogens with zero attached hydrogens (tertiary/aromatic N) is 1. The van der Waals surface area contributed by atoms with Crippen LogP contribution < -0.4 is 0 Å². The molecule has 1 aromatic rings. The Morgan fingerprint density at radius 2 is 2.36 bits per heavy atom. The predicted octanol–water partition coefficient (Wildman–Crippen LogP) is 2.95. The third-order valence-corrected chi connectivity index (χ3v) is 2.98. The van der Waals surface area contributed by atoms with Gasteiger partial charge in [0, 0.05) is 23.9 Å². The summed E-state index contributed by atoms with van der Waals surface area (Å²) in [4.78, 5) is 4.21. The van der Waals surface area contributed by atoms with Gasteiger partial charge in [-0.2, -0.15) is 0 Å². The van der Waals surface area contributed by atoms with E-state index in [1.54, 1.807) is 11.3 Å². The van der Waals surface area contributed by atoms with Crippen LogP contribution in [0.3, 0.4) is 0 Å². The molecule has 0 radical (unpaired) electrons. The Morgan fingerprint density at radius 3 is 2.82 bits per heavy atom. The fraction of sp³-hybridized carbons (Fsp3) is 0.625. The SMILES string of the molecule is CC(C)(CCl)Cc1nccs1. The lowest BCUT2D eigenvalue weighted by atomic mass is 9.92. The number of rotatable bonds is 3. The molecule has 0 unspecified atom stereocenters. The molecule has 0 aliphatic carbocycles. The normalized spacial score (nSPS) is 11.9. The molecule has 0 spiro atoms. The Balaban J connectivity index is 2.56. The molecule has 0 aliphatic rings. The van der Waals surface area contributed by atoms with Crippen molar-refractivity contribution in [2.75, 3.05) is 5.88 Å². The zero-order chi connectivity index (χ0) is 8.32. The Hall–Kier alpha value is -0.0800. The molecule has 1 aromatic heterocycles. The predicted molar refractivity (Wildman–Crippen MR) is 50.3 cm³/mol. The topological polar surface area (TPSA) is 12.9 Å². The molecule has 11 heavy (non-hydrogen) atoms. The van der Waals surface area contributed by atoms with Crippen LogP contribution >= 0.6 is 22.9 Å². The second-order valence-electron chi connectivity index (χ2n) is 3.40. The van der Waals surface area contributed by atoms with Gasteiger partial charge in [-0.3, -0.25) is 0 Å². The van der Waals surface area contributed by atoms with Gasteiger partial charge in [-0.15, -0.1) is 22.9 Å². The molecule has 0 atom stereocenters. The molecule has 3 heteroatoms. The molecular weight excluding hydrogens is 178 g/mol. The van der Waals surface area contributed by atoms with Crippen molar-refractivity contribution in [2.24, 2.45) is 5.41 Å². The molecule has 1 nitrogen and oxygen atoms in total. The highest BCUT2D eigenvalue weighted by atomic mass is 35.5. The molecule has 0 fully saturated rings. The van der Waals surface area contributed by atoms with Crippen LogP contribution in [0.2, 0.25) is 0 Å². The number of thiazole rings is 1. The first-order valence-electron chi connectivity index (χ1n) is 3.58. The van der Waals surface area contributed by atoms with E-state index in [1.807, 2.05) is 11.6 Å². The van der Waals surface area contributed by atoms with Crippen LogP contribution in [0.1, 0.15) is 18.9 Å². The Labute approximate surface area is 76.4 Å². The number of hydrogen-bond acceptors (Lipinski definition) is 2. The highest BCUT2D eigenvalue weighted by molar-refractivity contribution is 7.09. The van der Waals surface area contributed by atoms with E-state index < -0.39 is 0 Å². The fourth-order valence-electron chi connectivity index (χ4n) is 0.797. The number of halogens is 1. The second kappa shape index (κ2) is 3.55. The zero-order valence-corrected chi connectivity index (χ0v) is 8.37. The lowest BCUT2D eigenvalue weighted by Gasteiger charge is -2.18. The maximum absolute atomic E-state index is 5.79. The monoisotopic (exact) mass is 189 g/mol. The lowest BCUT2D eigenvalue weighted by Crippen LogP contribution is -2.16. The van der Waals surface area contributed by atoms with Gasteiger partial charge in [0.2, 0.25) is 0 Å². The van der Waals surface area contributed by atoms with Crippen LogP contribution in [0.15, 0.2) is 11.6 Å². The van der Waals surface area contributed by atoms with Crippen molar-refractivity contribution >= 4 is 22.9 Å². The number of aromatic nitrogens is 1. The summed E-state index contributed by atoms with van der Waals surface area (Å²) >= 11 is 7.48. The zero-order valence-electron chi connectivity index (χ0n) is 6.80. The van der Waals surface area contributed by atoms with E-state index in [2.05, 4.69) is 18.8 Å². The number of alkyl halides is 1. The molecule has 0 N–H and O–H groups in total. The van der Waals surface area contributed by atoms with Gasteiger partial charge in [0.15, 0.2) is 0 Å². The van der Waals surface area contributed by atoms with Gasteiger partial charge in [0.1, 0.15) is 0 Å². The first-order valence-corrected chi connectivity index (χ1v) is 5.00. The molecule has 1 rings (SSSR count). The van der Waals surface area contributed by atoms with Gasteiger partial charge in [-0.25, -0.2) is 4.98 Å². The average Bonchev–Trinajstić information content (AvgIpc) is 2.39. The second-order valence-corrected chi connectivity index (χ2v) is 4.65. The quantitative estimate of drug-likeness (QED) is 0.667. The highest BCUT2D eigenvalue weighted by Crippen LogP contribution is 2.23. The van der Waals surface area contributed by atoms with Crippen molar-refractivity contribution in [3.05, 3.63) is 16.6 Å². The van der Waals surface area contributed by atoms with Crippen molar-refractivity contribution in [3.63, 3.8) is 0 Å². The summed E-state index contributed by atoms with van der Waals surface area (Å²) in [5, 5.41) is 3.18. The molecule has 1 heterocycles. The van der Waals surface area contributed by atoms with Gasteiger partial charge in [0.05, 0.1) is 5.01 Å². The van der Waals surface area contributed by atoms with Crippen LogP contribution in [0.4, 0.5) is 0 Å². The maximum Gasteiger partial charge on any atom is 0.0930 e. The number of hydrogen-bond donors (Lipinski definition) is 0. The summed E-state index contributed by atoms with van der Waals surface area (Å²) in [6, 6.07) is 0. The third-order valence-electron chi connectivity index (χ3n) is 1.47. The van der Waals surface area contributed by atoms with Crippen LogP contribution in [-0.4, -0.2) is 10.9 Å². The summed E-state index contributed by atoms with van der Waals surface area (Å²) in [6.07, 6.45) is 2.82. The van der Waals surface area contributed by atoms with E-state index in [0.717, 1.165) is 6.42 Å². The molecule has 0 aromatic carbocycles. The van der Waals surface area contributed by atoms with Gasteiger partial charge < -0.3 is 0 Å². The average molecular weight is 190 g/mol. The standard InChI is InChI=1S/C8H12ClNS/c1-8(2,6-9)5-7-10-3-4-11-7/h3-4H,5-6H2,1-2H3. The molecular formula is C8H12ClNS. The minimum Gasteiger partial charge on any atom is -0.250 e. The van der Waals surface area contributed by atoms with E-state index >= 15 is 0 Å². The first-order chi connectivity index (χ1) is 5.14. The van der Waals surface area contributed by atoms with Crippen molar-refractivity contribution in [3.8, 4) is 0 Å². The van der Waals surface area contributed by atoms with Crippen molar-refractivity contribution < 1.29 is 0 Å². The lowest BCUT2D eigenvalue weighted by molar-refractivity contribution is 0.417. The van der Waals surface area contributed by atoms with E-state index in [9.17, 15) is 0 Å². The molecule has 0 aliphatic heterocycles. The molecule has 0 amide bonds. The Kier molecular flexibility index (Phi) is 2.90. The summed E-state index contributed by atoms with van der Waals surface area (Å²) in [5.41, 5.74) is 0.180. The maximum atomic E-state index is 5.79. The molecule has 0 bridgehead atoms. The smallest absolute Gasteiger partial charge is 0.0930 e. The summed E-state index contributed by atoms with van der Waals surface area (Å²) < 4.78 is 0. The summed E-state index contributed by atoms with van der Waals surface area (Å²) in [5.74, 6) is 0.687. The molecule has 0 saturated carbocycles. The van der Waals surface area contributed by atoms with E-state index in [1.165, 1.54) is 5.01 Å². The van der Waals surface area contributed by atoms with Gasteiger partial charge in [-0.1, -0.05) is 13.8 Å². The van der Waals surface area contributed by atoms with Crippen LogP contribution in [0, 0.1) is 5.41 Å². The van der Waals surface area contributed by atoms with Crippen molar-refractivity contribution in [2.45, 2.75) is 20.3 Å². The van der Waals surface area contributed by atoms with Crippen molar-refractivity contribution in [1.29, 1.82) is 0 Å². The minimum absolute atomic E-state index is 0.180. The highest BCUT2D eigenvalue weighted by Gasteiger charge is 2.17. The van der Waals surface area contributed by atoms with Gasteiger partial charge >= 0.3 is 0 Å².